The van der Waals surface area contributed by atoms with Crippen LogP contribution in [0.25, 0.3) is 0 Å². The monoisotopic (exact) mass is 432 g/mol. The van der Waals surface area contributed by atoms with Crippen molar-refractivity contribution >= 4 is 25.7 Å². The van der Waals surface area contributed by atoms with E-state index in [9.17, 15) is 4.79 Å². The molecule has 0 saturated carbocycles. The molecule has 29 heavy (non-hydrogen) atoms. The molecule has 0 aromatic heterocycles. The van der Waals surface area contributed by atoms with Gasteiger partial charge in [0.1, 0.15) is 12.2 Å². The standard InChI is InChI=1S/C24H33ClO3Si/c1-18(25)21(26)23(27-17-19-13-9-7-10-14-19)22(20-15-11-8-12-16-20)28-29(5,6)24(2,3)4/h7-16,18,22-23H,17H2,1-6H3/t18?,22-,23+/m1/s1. The Morgan fingerprint density at radius 2 is 1.52 bits per heavy atom. The molecular formula is C24H33ClO3Si. The van der Waals surface area contributed by atoms with Gasteiger partial charge >= 0.3 is 0 Å². The minimum atomic E-state index is -2.18. The Morgan fingerprint density at radius 3 is 2.00 bits per heavy atom. The molecule has 2 aromatic rings. The van der Waals surface area contributed by atoms with Crippen LogP contribution in [0.3, 0.4) is 0 Å². The van der Waals surface area contributed by atoms with E-state index in [-0.39, 0.29) is 10.8 Å². The molecular weight excluding hydrogens is 400 g/mol. The second kappa shape index (κ2) is 10.0. The van der Waals surface area contributed by atoms with Gasteiger partial charge in [0.15, 0.2) is 14.1 Å². The Labute approximate surface area is 181 Å². The number of carbonyl (C=O) groups excluding carboxylic acids is 1. The SMILES string of the molecule is CC(Cl)C(=O)[C@H](OCc1ccccc1)[C@H](O[Si](C)(C)C(C)(C)C)c1ccccc1. The van der Waals surface area contributed by atoms with Gasteiger partial charge in [0, 0.05) is 0 Å². The number of halogens is 1. The van der Waals surface area contributed by atoms with Gasteiger partial charge in [-0.3, -0.25) is 4.79 Å². The lowest BCUT2D eigenvalue weighted by Gasteiger charge is -2.41. The molecule has 0 saturated heterocycles. The number of alkyl halides is 1. The van der Waals surface area contributed by atoms with Crippen molar-refractivity contribution in [2.75, 3.05) is 0 Å². The third-order valence-electron chi connectivity index (χ3n) is 5.58. The van der Waals surface area contributed by atoms with E-state index in [0.717, 1.165) is 11.1 Å². The van der Waals surface area contributed by atoms with Crippen LogP contribution in [0.4, 0.5) is 0 Å². The molecule has 3 nitrogen and oxygen atoms in total. The first kappa shape index (κ1) is 23.8. The van der Waals surface area contributed by atoms with Crippen LogP contribution >= 0.6 is 11.6 Å². The lowest BCUT2D eigenvalue weighted by molar-refractivity contribution is -0.138. The average molecular weight is 433 g/mol. The fourth-order valence-corrected chi connectivity index (χ4v) is 4.12. The summed E-state index contributed by atoms with van der Waals surface area (Å²) in [5.74, 6) is -0.157. The summed E-state index contributed by atoms with van der Waals surface area (Å²) in [4.78, 5) is 13.1. The van der Waals surface area contributed by atoms with Gasteiger partial charge in [-0.2, -0.15) is 0 Å². The molecule has 5 heteroatoms. The number of ketones is 1. The van der Waals surface area contributed by atoms with E-state index in [0.29, 0.717) is 6.61 Å². The van der Waals surface area contributed by atoms with E-state index >= 15 is 0 Å². The number of carbonyl (C=O) groups is 1. The largest absolute Gasteiger partial charge is 0.407 e. The van der Waals surface area contributed by atoms with E-state index in [2.05, 4.69) is 33.9 Å². The van der Waals surface area contributed by atoms with Crippen molar-refractivity contribution in [1.29, 1.82) is 0 Å². The molecule has 0 aliphatic rings. The number of benzene rings is 2. The normalized spacial score (nSPS) is 15.6. The number of ether oxygens (including phenoxy) is 1. The highest BCUT2D eigenvalue weighted by molar-refractivity contribution is 6.74. The van der Waals surface area contributed by atoms with Crippen LogP contribution in [0.5, 0.6) is 0 Å². The van der Waals surface area contributed by atoms with Crippen LogP contribution < -0.4 is 0 Å². The number of rotatable bonds is 9. The lowest BCUT2D eigenvalue weighted by Crippen LogP contribution is -2.46. The Morgan fingerprint density at radius 1 is 1.00 bits per heavy atom. The Balaban J connectivity index is 2.41. The van der Waals surface area contributed by atoms with Gasteiger partial charge in [-0.15, -0.1) is 11.6 Å². The molecule has 2 aromatic carbocycles. The average Bonchev–Trinajstić information content (AvgIpc) is 2.67. The first-order valence-electron chi connectivity index (χ1n) is 10.1. The highest BCUT2D eigenvalue weighted by atomic mass is 35.5. The zero-order valence-corrected chi connectivity index (χ0v) is 20.1. The summed E-state index contributed by atoms with van der Waals surface area (Å²) in [6, 6.07) is 19.7. The number of hydrogen-bond donors (Lipinski definition) is 0. The molecule has 0 N–H and O–H groups in total. The summed E-state index contributed by atoms with van der Waals surface area (Å²) in [5, 5.41) is -0.662. The molecule has 3 atom stereocenters. The Hall–Kier alpha value is -1.46. The molecule has 0 heterocycles. The third kappa shape index (κ3) is 6.51. The topological polar surface area (TPSA) is 35.5 Å². The fourth-order valence-electron chi connectivity index (χ4n) is 2.75. The molecule has 1 unspecified atom stereocenters. The van der Waals surface area contributed by atoms with Gasteiger partial charge in [0.05, 0.1) is 12.0 Å². The van der Waals surface area contributed by atoms with Gasteiger partial charge in [-0.25, -0.2) is 0 Å². The predicted octanol–water partition coefficient (Wildman–Crippen LogP) is 6.53. The molecule has 0 spiro atoms. The molecule has 0 amide bonds. The highest BCUT2D eigenvalue weighted by Gasteiger charge is 2.43. The first-order valence-corrected chi connectivity index (χ1v) is 13.4. The van der Waals surface area contributed by atoms with Gasteiger partial charge in [-0.05, 0) is 36.2 Å². The summed E-state index contributed by atoms with van der Waals surface area (Å²) in [6.45, 7) is 13.0. The van der Waals surface area contributed by atoms with Gasteiger partial charge < -0.3 is 9.16 Å². The summed E-state index contributed by atoms with van der Waals surface area (Å²) < 4.78 is 12.9. The minimum absolute atomic E-state index is 0.000358. The lowest BCUT2D eigenvalue weighted by atomic mass is 10.00. The smallest absolute Gasteiger partial charge is 0.193 e. The second-order valence-electron chi connectivity index (χ2n) is 8.95. The zero-order chi connectivity index (χ0) is 21.7. The van der Waals surface area contributed by atoms with E-state index < -0.39 is 25.9 Å². The number of Topliss-reactive ketones (excluding diaryl/α,β-unsaturated/α-hetero) is 1. The molecule has 0 aliphatic heterocycles. The van der Waals surface area contributed by atoms with Crippen molar-refractivity contribution in [3.63, 3.8) is 0 Å². The first-order chi connectivity index (χ1) is 13.5. The van der Waals surface area contributed by atoms with E-state index in [1.807, 2.05) is 60.7 Å². The van der Waals surface area contributed by atoms with Crippen molar-refractivity contribution in [2.45, 2.75) is 70.0 Å². The fraction of sp³-hybridized carbons (Fsp3) is 0.458. The minimum Gasteiger partial charge on any atom is -0.407 e. The summed E-state index contributed by atoms with van der Waals surface area (Å²) in [7, 11) is -2.18. The van der Waals surface area contributed by atoms with Crippen molar-refractivity contribution in [1.82, 2.24) is 0 Å². The van der Waals surface area contributed by atoms with E-state index in [1.165, 1.54) is 0 Å². The molecule has 0 fully saturated rings. The molecule has 158 valence electrons. The molecule has 0 bridgehead atoms. The van der Waals surface area contributed by atoms with Gasteiger partial charge in [0.25, 0.3) is 0 Å². The van der Waals surface area contributed by atoms with Crippen molar-refractivity contribution < 1.29 is 14.0 Å². The van der Waals surface area contributed by atoms with Crippen molar-refractivity contribution in [3.05, 3.63) is 71.8 Å². The van der Waals surface area contributed by atoms with Crippen molar-refractivity contribution in [2.24, 2.45) is 0 Å². The van der Waals surface area contributed by atoms with Crippen molar-refractivity contribution in [3.8, 4) is 0 Å². The van der Waals surface area contributed by atoms with Crippen LogP contribution in [0.15, 0.2) is 60.7 Å². The molecule has 2 rings (SSSR count). The summed E-state index contributed by atoms with van der Waals surface area (Å²) in [5.41, 5.74) is 1.94. The second-order valence-corrected chi connectivity index (χ2v) is 14.4. The quantitative estimate of drug-likeness (QED) is 0.333. The Kier molecular flexibility index (Phi) is 8.24. The molecule has 0 radical (unpaired) electrons. The third-order valence-corrected chi connectivity index (χ3v) is 10.2. The maximum Gasteiger partial charge on any atom is 0.193 e. The highest BCUT2D eigenvalue weighted by Crippen LogP contribution is 2.41. The Bertz CT molecular complexity index is 770. The van der Waals surface area contributed by atoms with E-state index in [4.69, 9.17) is 20.8 Å². The summed E-state index contributed by atoms with van der Waals surface area (Å²) >= 11 is 6.22. The predicted molar refractivity (Wildman–Crippen MR) is 123 cm³/mol. The van der Waals surface area contributed by atoms with Gasteiger partial charge in [0.2, 0.25) is 0 Å². The molecule has 0 aliphatic carbocycles. The van der Waals surface area contributed by atoms with Crippen LogP contribution in [0.2, 0.25) is 18.1 Å². The maximum absolute atomic E-state index is 13.1. The summed E-state index contributed by atoms with van der Waals surface area (Å²) in [6.07, 6.45) is -1.28. The van der Waals surface area contributed by atoms with Crippen LogP contribution in [0, 0.1) is 0 Å². The maximum atomic E-state index is 13.1. The van der Waals surface area contributed by atoms with Crippen LogP contribution in [-0.2, 0) is 20.6 Å². The van der Waals surface area contributed by atoms with Gasteiger partial charge in [-0.1, -0.05) is 81.4 Å². The number of hydrogen-bond acceptors (Lipinski definition) is 3. The van der Waals surface area contributed by atoms with E-state index in [1.54, 1.807) is 6.92 Å². The van der Waals surface area contributed by atoms with Crippen LogP contribution in [0.1, 0.15) is 44.9 Å². The zero-order valence-electron chi connectivity index (χ0n) is 18.3. The van der Waals surface area contributed by atoms with Crippen LogP contribution in [-0.4, -0.2) is 25.6 Å².